The van der Waals surface area contributed by atoms with Crippen LogP contribution in [0.25, 0.3) is 0 Å². The summed E-state index contributed by atoms with van der Waals surface area (Å²) in [5, 5.41) is 0. The maximum Gasteiger partial charge on any atom is 0.0701 e. The number of ether oxygens (including phenoxy) is 12. The summed E-state index contributed by atoms with van der Waals surface area (Å²) >= 11 is 0. The summed E-state index contributed by atoms with van der Waals surface area (Å²) in [5.74, 6) is 0. The van der Waals surface area contributed by atoms with Gasteiger partial charge in [-0.3, -0.25) is 0 Å². The first-order valence-electron chi connectivity index (χ1n) is 16.5. The standard InChI is InChI=1S/C31H65NO12/c1-2-3-4-5-6-8-33-10-12-35-14-16-37-18-20-39-22-24-41-26-28-43-30-31-44-29-27-42-25-23-40-21-19-38-17-15-36-13-11-34-9-7-32/h2-32H2,1H3. The molecule has 0 saturated heterocycles. The van der Waals surface area contributed by atoms with Crippen LogP contribution in [0.1, 0.15) is 39.0 Å². The van der Waals surface area contributed by atoms with Gasteiger partial charge in [0.1, 0.15) is 0 Å². The molecule has 0 rings (SSSR count). The highest BCUT2D eigenvalue weighted by atomic mass is 16.6. The summed E-state index contributed by atoms with van der Waals surface area (Å²) in [6.07, 6.45) is 6.28. The first kappa shape index (κ1) is 43.5. The molecular formula is C31H65NO12. The molecule has 0 saturated carbocycles. The van der Waals surface area contributed by atoms with E-state index in [0.29, 0.717) is 159 Å². The van der Waals surface area contributed by atoms with Gasteiger partial charge in [-0.25, -0.2) is 0 Å². The minimum atomic E-state index is 0.516. The van der Waals surface area contributed by atoms with Gasteiger partial charge in [0.25, 0.3) is 0 Å². The van der Waals surface area contributed by atoms with E-state index in [1.54, 1.807) is 0 Å². The monoisotopic (exact) mass is 643 g/mol. The van der Waals surface area contributed by atoms with E-state index in [-0.39, 0.29) is 0 Å². The van der Waals surface area contributed by atoms with Gasteiger partial charge in [0.2, 0.25) is 0 Å². The van der Waals surface area contributed by atoms with Crippen molar-refractivity contribution in [3.05, 3.63) is 0 Å². The summed E-state index contributed by atoms with van der Waals surface area (Å²) in [5.41, 5.74) is 5.33. The van der Waals surface area contributed by atoms with Gasteiger partial charge in [-0.2, -0.15) is 0 Å². The van der Waals surface area contributed by atoms with E-state index in [1.807, 2.05) is 0 Å². The summed E-state index contributed by atoms with van der Waals surface area (Å²) in [7, 11) is 0. The fourth-order valence-corrected chi connectivity index (χ4v) is 3.41. The van der Waals surface area contributed by atoms with E-state index in [1.165, 1.54) is 25.7 Å². The SMILES string of the molecule is CCCCCCCOCCOCCOCCOCCOCCOCCOCCOCCOCCOCCOCCOCCN. The van der Waals surface area contributed by atoms with Crippen LogP contribution in [0.3, 0.4) is 0 Å². The van der Waals surface area contributed by atoms with E-state index in [9.17, 15) is 0 Å². The van der Waals surface area contributed by atoms with E-state index in [0.717, 1.165) is 13.0 Å². The van der Waals surface area contributed by atoms with Gasteiger partial charge in [-0.15, -0.1) is 0 Å². The normalized spacial score (nSPS) is 11.6. The topological polar surface area (TPSA) is 137 Å². The third-order valence-corrected chi connectivity index (χ3v) is 5.75. The van der Waals surface area contributed by atoms with E-state index < -0.39 is 0 Å². The van der Waals surface area contributed by atoms with Gasteiger partial charge >= 0.3 is 0 Å². The fourth-order valence-electron chi connectivity index (χ4n) is 3.41. The maximum absolute atomic E-state index is 5.56. The average molecular weight is 644 g/mol. The minimum absolute atomic E-state index is 0.516. The minimum Gasteiger partial charge on any atom is -0.379 e. The lowest BCUT2D eigenvalue weighted by Crippen LogP contribution is -2.15. The third kappa shape index (κ3) is 41.5. The Hall–Kier alpha value is -0.520. The van der Waals surface area contributed by atoms with Crippen molar-refractivity contribution in [1.82, 2.24) is 0 Å². The molecule has 0 fully saturated rings. The number of hydrogen-bond acceptors (Lipinski definition) is 13. The summed E-state index contributed by atoms with van der Waals surface area (Å²) < 4.78 is 65.4. The lowest BCUT2D eigenvalue weighted by molar-refractivity contribution is -0.0283. The lowest BCUT2D eigenvalue weighted by Gasteiger charge is -2.09. The van der Waals surface area contributed by atoms with Gasteiger partial charge in [-0.05, 0) is 6.42 Å². The Labute approximate surface area is 266 Å². The van der Waals surface area contributed by atoms with E-state index >= 15 is 0 Å². The lowest BCUT2D eigenvalue weighted by atomic mass is 10.2. The molecule has 266 valence electrons. The van der Waals surface area contributed by atoms with Crippen molar-refractivity contribution in [2.75, 3.05) is 165 Å². The molecule has 44 heavy (non-hydrogen) atoms. The Morgan fingerprint density at radius 1 is 0.250 bits per heavy atom. The Bertz CT molecular complexity index is 455. The molecule has 0 aliphatic heterocycles. The van der Waals surface area contributed by atoms with Gasteiger partial charge in [0, 0.05) is 13.2 Å². The number of nitrogens with two attached hydrogens (primary N) is 1. The predicted molar refractivity (Wildman–Crippen MR) is 168 cm³/mol. The summed E-state index contributed by atoms with van der Waals surface area (Å²) in [4.78, 5) is 0. The molecule has 0 aliphatic carbocycles. The highest BCUT2D eigenvalue weighted by Crippen LogP contribution is 2.02. The Morgan fingerprint density at radius 2 is 0.455 bits per heavy atom. The molecular weight excluding hydrogens is 578 g/mol. The zero-order valence-electron chi connectivity index (χ0n) is 27.7. The van der Waals surface area contributed by atoms with Crippen molar-refractivity contribution >= 4 is 0 Å². The zero-order chi connectivity index (χ0) is 31.7. The molecule has 0 heterocycles. The van der Waals surface area contributed by atoms with Crippen LogP contribution in [-0.2, 0) is 56.8 Å². The van der Waals surface area contributed by atoms with Gasteiger partial charge in [0.05, 0.1) is 152 Å². The summed E-state index contributed by atoms with van der Waals surface area (Å²) in [6.45, 7) is 16.0. The maximum atomic E-state index is 5.56. The van der Waals surface area contributed by atoms with Crippen LogP contribution in [0.2, 0.25) is 0 Å². The van der Waals surface area contributed by atoms with Crippen molar-refractivity contribution in [3.63, 3.8) is 0 Å². The van der Waals surface area contributed by atoms with Crippen LogP contribution in [0.15, 0.2) is 0 Å². The molecule has 0 atom stereocenters. The van der Waals surface area contributed by atoms with Gasteiger partial charge < -0.3 is 62.6 Å². The number of hydrogen-bond donors (Lipinski definition) is 1. The average Bonchev–Trinajstić information content (AvgIpc) is 3.04. The fraction of sp³-hybridized carbons (Fsp3) is 1.00. The van der Waals surface area contributed by atoms with Crippen molar-refractivity contribution in [2.24, 2.45) is 5.73 Å². The quantitative estimate of drug-likeness (QED) is 0.0975. The van der Waals surface area contributed by atoms with Crippen LogP contribution in [-0.4, -0.2) is 165 Å². The highest BCUT2D eigenvalue weighted by Gasteiger charge is 1.97. The largest absolute Gasteiger partial charge is 0.379 e. The van der Waals surface area contributed by atoms with Crippen molar-refractivity contribution < 1.29 is 56.8 Å². The van der Waals surface area contributed by atoms with Gasteiger partial charge in [0.15, 0.2) is 0 Å². The smallest absolute Gasteiger partial charge is 0.0701 e. The molecule has 0 aliphatic rings. The number of unbranched alkanes of at least 4 members (excludes halogenated alkanes) is 4. The highest BCUT2D eigenvalue weighted by molar-refractivity contribution is 4.42. The Kier molecular flexibility index (Phi) is 42.0. The van der Waals surface area contributed by atoms with Crippen LogP contribution in [0, 0.1) is 0 Å². The Balaban J connectivity index is 3.03. The molecule has 0 spiro atoms. The zero-order valence-corrected chi connectivity index (χ0v) is 27.7. The first-order valence-corrected chi connectivity index (χ1v) is 16.5. The predicted octanol–water partition coefficient (Wildman–Crippen LogP) is 2.11. The number of rotatable bonds is 41. The molecule has 0 amide bonds. The molecule has 0 bridgehead atoms. The Morgan fingerprint density at radius 3 is 0.682 bits per heavy atom. The molecule has 0 aromatic carbocycles. The second-order valence-corrected chi connectivity index (χ2v) is 9.55. The second-order valence-electron chi connectivity index (χ2n) is 9.55. The molecule has 0 radical (unpaired) electrons. The van der Waals surface area contributed by atoms with E-state index in [2.05, 4.69) is 6.92 Å². The molecule has 0 aromatic heterocycles. The first-order chi connectivity index (χ1) is 21.9. The van der Waals surface area contributed by atoms with Crippen LogP contribution < -0.4 is 5.73 Å². The van der Waals surface area contributed by atoms with Crippen LogP contribution in [0.4, 0.5) is 0 Å². The van der Waals surface area contributed by atoms with E-state index in [4.69, 9.17) is 62.6 Å². The van der Waals surface area contributed by atoms with Crippen LogP contribution in [0.5, 0.6) is 0 Å². The van der Waals surface area contributed by atoms with Crippen LogP contribution >= 0.6 is 0 Å². The third-order valence-electron chi connectivity index (χ3n) is 5.75. The van der Waals surface area contributed by atoms with Gasteiger partial charge in [-0.1, -0.05) is 32.6 Å². The summed E-state index contributed by atoms with van der Waals surface area (Å²) in [6, 6.07) is 0. The molecule has 0 aromatic rings. The molecule has 13 heteroatoms. The molecule has 2 N–H and O–H groups in total. The van der Waals surface area contributed by atoms with Crippen molar-refractivity contribution in [1.29, 1.82) is 0 Å². The molecule has 0 unspecified atom stereocenters. The van der Waals surface area contributed by atoms with Crippen molar-refractivity contribution in [2.45, 2.75) is 39.0 Å². The van der Waals surface area contributed by atoms with Crippen molar-refractivity contribution in [3.8, 4) is 0 Å². The molecule has 13 nitrogen and oxygen atoms in total. The second kappa shape index (κ2) is 42.5.